The number of rotatable bonds is 4. The SMILES string of the molecule is O.O.[NH-]C(=O)CCC(=O)c1ccccc1.[Y].[Y]. The summed E-state index contributed by atoms with van der Waals surface area (Å²) in [6.45, 7) is 0. The van der Waals surface area contributed by atoms with Gasteiger partial charge in [0.25, 0.3) is 0 Å². The molecule has 0 spiro atoms. The topological polar surface area (TPSA) is 121 Å². The molecule has 0 aliphatic heterocycles. The molecule has 5 nitrogen and oxygen atoms in total. The number of carbonyl (C=O) groups is 2. The summed E-state index contributed by atoms with van der Waals surface area (Å²) in [7, 11) is 0. The van der Waals surface area contributed by atoms with E-state index in [1.165, 1.54) is 0 Å². The van der Waals surface area contributed by atoms with Gasteiger partial charge in [0.05, 0.1) is 0 Å². The van der Waals surface area contributed by atoms with Gasteiger partial charge in [-0.2, -0.15) is 0 Å². The van der Waals surface area contributed by atoms with Gasteiger partial charge in [0.15, 0.2) is 5.78 Å². The maximum Gasteiger partial charge on any atom is 0.163 e. The Kier molecular flexibility index (Phi) is 22.4. The molecule has 0 bridgehead atoms. The Morgan fingerprint density at radius 3 is 1.82 bits per heavy atom. The van der Waals surface area contributed by atoms with Crippen LogP contribution in [0.3, 0.4) is 0 Å². The average molecular weight is 390 g/mol. The van der Waals surface area contributed by atoms with Crippen LogP contribution in [-0.4, -0.2) is 22.6 Å². The van der Waals surface area contributed by atoms with Gasteiger partial charge >= 0.3 is 0 Å². The van der Waals surface area contributed by atoms with Crippen molar-refractivity contribution in [2.24, 2.45) is 0 Å². The molecule has 0 fully saturated rings. The monoisotopic (exact) mass is 390 g/mol. The van der Waals surface area contributed by atoms with E-state index in [9.17, 15) is 9.59 Å². The van der Waals surface area contributed by atoms with Crippen molar-refractivity contribution in [1.29, 1.82) is 0 Å². The van der Waals surface area contributed by atoms with Crippen molar-refractivity contribution in [3.63, 3.8) is 0 Å². The normalized spacial score (nSPS) is 7.29. The minimum absolute atomic E-state index is 0. The fraction of sp³-hybridized carbons (Fsp3) is 0.200. The maximum atomic E-state index is 11.3. The molecule has 0 aliphatic carbocycles. The summed E-state index contributed by atoms with van der Waals surface area (Å²) in [5, 5.41) is 0. The van der Waals surface area contributed by atoms with Crippen LogP contribution in [0, 0.1) is 0 Å². The molecular weight excluding hydrogens is 376 g/mol. The van der Waals surface area contributed by atoms with Crippen LogP contribution in [0.25, 0.3) is 5.73 Å². The summed E-state index contributed by atoms with van der Waals surface area (Å²) in [4.78, 5) is 21.6. The first-order valence-electron chi connectivity index (χ1n) is 4.03. The molecule has 0 unspecified atom stereocenters. The molecule has 7 heteroatoms. The fourth-order valence-corrected chi connectivity index (χ4v) is 0.995. The van der Waals surface area contributed by atoms with Crippen LogP contribution in [-0.2, 0) is 70.2 Å². The van der Waals surface area contributed by atoms with E-state index in [1.807, 2.05) is 6.07 Å². The molecule has 1 rings (SSSR count). The second kappa shape index (κ2) is 14.5. The smallest absolute Gasteiger partial charge is 0.163 e. The van der Waals surface area contributed by atoms with Crippen molar-refractivity contribution in [3.05, 3.63) is 41.6 Å². The Labute approximate surface area is 150 Å². The summed E-state index contributed by atoms with van der Waals surface area (Å²) >= 11 is 0. The zero-order valence-electron chi connectivity index (χ0n) is 9.27. The minimum Gasteiger partial charge on any atom is -0.668 e. The maximum absolute atomic E-state index is 11.3. The van der Waals surface area contributed by atoms with E-state index in [4.69, 9.17) is 5.73 Å². The molecule has 17 heavy (non-hydrogen) atoms. The third kappa shape index (κ3) is 11.3. The third-order valence-electron chi connectivity index (χ3n) is 1.67. The molecule has 2 radical (unpaired) electrons. The Balaban J connectivity index is -0.000000211. The predicted octanol–water partition coefficient (Wildman–Crippen LogP) is 0.574. The van der Waals surface area contributed by atoms with Crippen molar-refractivity contribution in [1.82, 2.24) is 0 Å². The second-order valence-corrected chi connectivity index (χ2v) is 2.71. The molecule has 1 aromatic carbocycles. The molecule has 90 valence electrons. The number of nitrogens with one attached hydrogen (secondary N) is 1. The summed E-state index contributed by atoms with van der Waals surface area (Å²) in [5.74, 6) is -0.773. The molecule has 0 aliphatic rings. The Morgan fingerprint density at radius 2 is 1.41 bits per heavy atom. The standard InChI is InChI=1S/C10H11NO2.2H2O.2Y/c11-10(13)7-6-9(12)8-4-2-1-3-5-8;;;;/h1-5H,6-7H2,(H2,11,13);2*1H2;;/p-1. The number of carbonyl (C=O) groups excluding carboxylic acids is 2. The van der Waals surface area contributed by atoms with Crippen LogP contribution in [0.2, 0.25) is 0 Å². The van der Waals surface area contributed by atoms with Crippen molar-refractivity contribution >= 4 is 11.7 Å². The van der Waals surface area contributed by atoms with E-state index in [2.05, 4.69) is 0 Å². The first-order valence-corrected chi connectivity index (χ1v) is 4.03. The van der Waals surface area contributed by atoms with E-state index in [0.717, 1.165) is 0 Å². The van der Waals surface area contributed by atoms with Crippen molar-refractivity contribution in [3.8, 4) is 0 Å². The first-order chi connectivity index (χ1) is 6.20. The van der Waals surface area contributed by atoms with Gasteiger partial charge in [-0.05, 0) is 6.42 Å². The fourth-order valence-electron chi connectivity index (χ4n) is 0.995. The van der Waals surface area contributed by atoms with E-state index in [0.29, 0.717) is 5.56 Å². The molecule has 5 N–H and O–H groups in total. The van der Waals surface area contributed by atoms with Crippen LogP contribution in [0.15, 0.2) is 30.3 Å². The quantitative estimate of drug-likeness (QED) is 0.699. The van der Waals surface area contributed by atoms with Crippen molar-refractivity contribution in [2.75, 3.05) is 0 Å². The number of ketones is 1. The molecule has 0 heterocycles. The van der Waals surface area contributed by atoms with Crippen LogP contribution < -0.4 is 0 Å². The predicted molar refractivity (Wildman–Crippen MR) is 56.6 cm³/mol. The molecule has 0 saturated heterocycles. The van der Waals surface area contributed by atoms with Crippen molar-refractivity contribution in [2.45, 2.75) is 12.8 Å². The molecule has 0 aromatic heterocycles. The van der Waals surface area contributed by atoms with E-state index < -0.39 is 5.91 Å². The Morgan fingerprint density at radius 1 is 0.941 bits per heavy atom. The van der Waals surface area contributed by atoms with Crippen molar-refractivity contribution < 1.29 is 86.0 Å². The minimum atomic E-state index is -0.690. The van der Waals surface area contributed by atoms with E-state index in [1.54, 1.807) is 24.3 Å². The summed E-state index contributed by atoms with van der Waals surface area (Å²) in [6.07, 6.45) is 0.139. The van der Waals surface area contributed by atoms with Crippen LogP contribution in [0.5, 0.6) is 0 Å². The van der Waals surface area contributed by atoms with Crippen LogP contribution in [0.1, 0.15) is 23.2 Å². The largest absolute Gasteiger partial charge is 0.668 e. The van der Waals surface area contributed by atoms with Gasteiger partial charge in [-0.15, -0.1) is 0 Å². The summed E-state index contributed by atoms with van der Waals surface area (Å²) in [5.41, 5.74) is 7.24. The van der Waals surface area contributed by atoms with Gasteiger partial charge in [-0.1, -0.05) is 30.3 Å². The van der Waals surface area contributed by atoms with Crippen LogP contribution in [0.4, 0.5) is 0 Å². The molecule has 0 atom stereocenters. The van der Waals surface area contributed by atoms with Crippen LogP contribution >= 0.6 is 0 Å². The zero-order chi connectivity index (χ0) is 9.68. The van der Waals surface area contributed by atoms with E-state index in [-0.39, 0.29) is 95.0 Å². The second-order valence-electron chi connectivity index (χ2n) is 2.71. The Hall–Kier alpha value is 0.488. The van der Waals surface area contributed by atoms with Gasteiger partial charge in [-0.25, -0.2) is 0 Å². The third-order valence-corrected chi connectivity index (χ3v) is 1.67. The zero-order valence-corrected chi connectivity index (χ0v) is 14.9. The number of amides is 1. The number of hydrogen-bond donors (Lipinski definition) is 0. The molecular formula is C10H14NO4Y2-. The number of benzene rings is 1. The molecule has 1 amide bonds. The van der Waals surface area contributed by atoms with Gasteiger partial charge < -0.3 is 21.5 Å². The van der Waals surface area contributed by atoms with Gasteiger partial charge in [-0.3, -0.25) is 4.79 Å². The summed E-state index contributed by atoms with van der Waals surface area (Å²) < 4.78 is 0. The van der Waals surface area contributed by atoms with Gasteiger partial charge in [0, 0.05) is 83.3 Å². The average Bonchev–Trinajstić information content (AvgIpc) is 2.15. The first kappa shape index (κ1) is 26.1. The number of Topliss-reactive ketones (excluding diaryl/α,β-unsaturated/α-hetero) is 1. The van der Waals surface area contributed by atoms with Gasteiger partial charge in [0.2, 0.25) is 0 Å². The Bertz CT molecular complexity index is 319. The number of hydrogen-bond acceptors (Lipinski definition) is 2. The van der Waals surface area contributed by atoms with Gasteiger partial charge in [0.1, 0.15) is 0 Å². The van der Waals surface area contributed by atoms with E-state index >= 15 is 0 Å². The molecule has 1 aromatic rings. The summed E-state index contributed by atoms with van der Waals surface area (Å²) in [6, 6.07) is 8.78. The molecule has 0 saturated carbocycles.